The number of pyridine rings is 2. The predicted octanol–water partition coefficient (Wildman–Crippen LogP) is 3.92. The summed E-state index contributed by atoms with van der Waals surface area (Å²) in [7, 11) is 0. The highest BCUT2D eigenvalue weighted by Crippen LogP contribution is 2.19. The minimum Gasteiger partial charge on any atom is -0.457 e. The molecule has 0 saturated heterocycles. The van der Waals surface area contributed by atoms with E-state index in [4.69, 9.17) is 4.74 Å². The molecule has 0 N–H and O–H groups in total. The maximum absolute atomic E-state index is 12.4. The average Bonchev–Trinajstić information content (AvgIpc) is 3.09. The molecular weight excluding hydrogens is 328 g/mol. The molecule has 0 amide bonds. The molecule has 0 unspecified atom stereocenters. The molecule has 26 heavy (non-hydrogen) atoms. The van der Waals surface area contributed by atoms with Gasteiger partial charge in [-0.15, -0.1) is 0 Å². The summed E-state index contributed by atoms with van der Waals surface area (Å²) in [4.78, 5) is 21.2. The fraction of sp³-hybridized carbons (Fsp3) is 0.200. The van der Waals surface area contributed by atoms with Gasteiger partial charge in [-0.2, -0.15) is 5.10 Å². The van der Waals surface area contributed by atoms with Gasteiger partial charge in [0, 0.05) is 34.8 Å². The van der Waals surface area contributed by atoms with Gasteiger partial charge in [-0.3, -0.25) is 4.98 Å². The lowest BCUT2D eigenvalue weighted by Gasteiger charge is -2.08. The van der Waals surface area contributed by atoms with Gasteiger partial charge in [0.2, 0.25) is 0 Å². The first-order chi connectivity index (χ1) is 12.6. The minimum atomic E-state index is -0.412. The van der Waals surface area contributed by atoms with Crippen LogP contribution in [-0.2, 0) is 11.3 Å². The van der Waals surface area contributed by atoms with Gasteiger partial charge in [0.1, 0.15) is 6.61 Å². The molecule has 0 saturated carbocycles. The van der Waals surface area contributed by atoms with Crippen molar-refractivity contribution in [1.29, 1.82) is 0 Å². The largest absolute Gasteiger partial charge is 0.457 e. The normalized spacial score (nSPS) is 11.3. The molecule has 0 fully saturated rings. The highest BCUT2D eigenvalue weighted by atomic mass is 16.5. The van der Waals surface area contributed by atoms with Crippen LogP contribution >= 0.6 is 0 Å². The summed E-state index contributed by atoms with van der Waals surface area (Å²) in [5, 5.41) is 6.15. The first-order valence-corrected chi connectivity index (χ1v) is 8.46. The number of hydrogen-bond acceptors (Lipinski definition) is 5. The van der Waals surface area contributed by atoms with Crippen molar-refractivity contribution < 1.29 is 9.53 Å². The van der Waals surface area contributed by atoms with Gasteiger partial charge in [-0.1, -0.05) is 24.3 Å². The number of esters is 1. The van der Waals surface area contributed by atoms with Crippen LogP contribution in [0.5, 0.6) is 0 Å². The average molecular weight is 346 g/mol. The number of fused-ring (bicyclic) bond motifs is 2. The van der Waals surface area contributed by atoms with Gasteiger partial charge in [-0.05, 0) is 26.0 Å². The van der Waals surface area contributed by atoms with Crippen LogP contribution in [0.3, 0.4) is 0 Å². The molecule has 0 bridgehead atoms. The molecule has 6 heteroatoms. The van der Waals surface area contributed by atoms with E-state index in [1.807, 2.05) is 48.9 Å². The van der Waals surface area contributed by atoms with Crippen molar-refractivity contribution in [3.05, 3.63) is 66.1 Å². The lowest BCUT2D eigenvalue weighted by molar-refractivity contribution is 0.0474. The maximum Gasteiger partial charge on any atom is 0.340 e. The van der Waals surface area contributed by atoms with E-state index >= 15 is 0 Å². The predicted molar refractivity (Wildman–Crippen MR) is 98.8 cm³/mol. The first-order valence-electron chi connectivity index (χ1n) is 8.46. The molecule has 4 rings (SSSR count). The van der Waals surface area contributed by atoms with E-state index in [9.17, 15) is 4.79 Å². The number of ether oxygens (including phenoxy) is 1. The van der Waals surface area contributed by atoms with Crippen molar-refractivity contribution in [2.75, 3.05) is 0 Å². The van der Waals surface area contributed by atoms with Crippen molar-refractivity contribution >= 4 is 27.9 Å². The smallest absolute Gasteiger partial charge is 0.340 e. The van der Waals surface area contributed by atoms with Crippen LogP contribution in [-0.4, -0.2) is 25.7 Å². The summed E-state index contributed by atoms with van der Waals surface area (Å²) in [5.74, 6) is -0.412. The van der Waals surface area contributed by atoms with Crippen molar-refractivity contribution in [3.8, 4) is 0 Å². The Labute approximate surface area is 150 Å². The summed E-state index contributed by atoms with van der Waals surface area (Å²) in [6.07, 6.45) is 4.98. The Balaban J connectivity index is 1.55. The highest BCUT2D eigenvalue weighted by molar-refractivity contribution is 5.93. The lowest BCUT2D eigenvalue weighted by Crippen LogP contribution is -2.07. The van der Waals surface area contributed by atoms with Crippen LogP contribution in [0.15, 0.2) is 55.0 Å². The molecule has 0 spiro atoms. The highest BCUT2D eigenvalue weighted by Gasteiger charge is 2.13. The number of para-hydroxylation sites is 1. The van der Waals surface area contributed by atoms with Crippen LogP contribution in [0.1, 0.15) is 35.8 Å². The topological polar surface area (TPSA) is 69.9 Å². The molecule has 3 aromatic heterocycles. The number of nitrogens with zero attached hydrogens (tertiary/aromatic N) is 4. The quantitative estimate of drug-likeness (QED) is 0.524. The second-order valence-corrected chi connectivity index (χ2v) is 6.39. The zero-order valence-corrected chi connectivity index (χ0v) is 14.6. The molecule has 1 aromatic carbocycles. The molecular formula is C20H18N4O2. The summed E-state index contributed by atoms with van der Waals surface area (Å²) < 4.78 is 7.30. The van der Waals surface area contributed by atoms with Crippen LogP contribution in [0, 0.1) is 0 Å². The Morgan fingerprint density at radius 3 is 2.81 bits per heavy atom. The van der Waals surface area contributed by atoms with E-state index in [1.165, 1.54) is 6.20 Å². The molecule has 0 aliphatic carbocycles. The van der Waals surface area contributed by atoms with E-state index in [-0.39, 0.29) is 12.6 Å². The second kappa shape index (κ2) is 6.55. The van der Waals surface area contributed by atoms with Gasteiger partial charge in [0.25, 0.3) is 0 Å². The van der Waals surface area contributed by atoms with E-state index in [2.05, 4.69) is 15.1 Å². The molecule has 130 valence electrons. The molecule has 3 heterocycles. The van der Waals surface area contributed by atoms with Crippen molar-refractivity contribution in [2.45, 2.75) is 26.5 Å². The van der Waals surface area contributed by atoms with E-state index in [0.717, 1.165) is 27.5 Å². The standard InChI is InChI=1S/C20H18N4O2/c1-13(2)24-19-16(11-23-24)9-17(10-22-19)20(25)26-12-15-6-3-5-14-7-4-8-21-18(14)15/h3-11,13H,12H2,1-2H3. The summed E-state index contributed by atoms with van der Waals surface area (Å²) in [5.41, 5.74) is 2.89. The van der Waals surface area contributed by atoms with E-state index in [1.54, 1.807) is 18.5 Å². The Bertz CT molecular complexity index is 1100. The number of benzene rings is 1. The molecule has 0 aliphatic heterocycles. The van der Waals surface area contributed by atoms with E-state index < -0.39 is 5.97 Å². The van der Waals surface area contributed by atoms with Crippen molar-refractivity contribution in [3.63, 3.8) is 0 Å². The Morgan fingerprint density at radius 1 is 1.12 bits per heavy atom. The van der Waals surface area contributed by atoms with Crippen LogP contribution in [0.4, 0.5) is 0 Å². The molecule has 6 nitrogen and oxygen atoms in total. The molecule has 0 aliphatic rings. The van der Waals surface area contributed by atoms with Crippen molar-refractivity contribution in [1.82, 2.24) is 19.7 Å². The number of carbonyl (C=O) groups is 1. The third-order valence-corrected chi connectivity index (χ3v) is 4.23. The number of rotatable bonds is 4. The van der Waals surface area contributed by atoms with Gasteiger partial charge in [0.15, 0.2) is 5.65 Å². The minimum absolute atomic E-state index is 0.163. The monoisotopic (exact) mass is 346 g/mol. The third-order valence-electron chi connectivity index (χ3n) is 4.23. The summed E-state index contributed by atoms with van der Waals surface area (Å²) >= 11 is 0. The van der Waals surface area contributed by atoms with Crippen LogP contribution in [0.2, 0.25) is 0 Å². The SMILES string of the molecule is CC(C)n1ncc2cc(C(=O)OCc3cccc4cccnc34)cnc21. The first kappa shape index (κ1) is 16.2. The van der Waals surface area contributed by atoms with Crippen LogP contribution < -0.4 is 0 Å². The van der Waals surface area contributed by atoms with Crippen molar-refractivity contribution in [2.24, 2.45) is 0 Å². The van der Waals surface area contributed by atoms with Crippen LogP contribution in [0.25, 0.3) is 21.9 Å². The lowest BCUT2D eigenvalue weighted by atomic mass is 10.1. The number of aromatic nitrogens is 4. The molecule has 0 atom stereocenters. The third kappa shape index (κ3) is 2.90. The summed E-state index contributed by atoms with van der Waals surface area (Å²) in [6, 6.07) is 11.7. The van der Waals surface area contributed by atoms with Gasteiger partial charge in [0.05, 0.1) is 17.3 Å². The Hall–Kier alpha value is -3.28. The van der Waals surface area contributed by atoms with Gasteiger partial charge < -0.3 is 4.74 Å². The van der Waals surface area contributed by atoms with Gasteiger partial charge in [-0.25, -0.2) is 14.5 Å². The zero-order chi connectivity index (χ0) is 18.1. The Morgan fingerprint density at radius 2 is 1.96 bits per heavy atom. The fourth-order valence-corrected chi connectivity index (χ4v) is 2.94. The fourth-order valence-electron chi connectivity index (χ4n) is 2.94. The van der Waals surface area contributed by atoms with E-state index in [0.29, 0.717) is 5.56 Å². The number of hydrogen-bond donors (Lipinski definition) is 0. The zero-order valence-electron chi connectivity index (χ0n) is 14.6. The Kier molecular flexibility index (Phi) is 4.08. The maximum atomic E-state index is 12.4. The second-order valence-electron chi connectivity index (χ2n) is 6.39. The van der Waals surface area contributed by atoms with Gasteiger partial charge >= 0.3 is 5.97 Å². The molecule has 0 radical (unpaired) electrons. The number of carbonyl (C=O) groups excluding carboxylic acids is 1. The molecule has 4 aromatic rings. The summed E-state index contributed by atoms with van der Waals surface area (Å²) in [6.45, 7) is 4.24.